The Morgan fingerprint density at radius 3 is 2.62 bits per heavy atom. The van der Waals surface area contributed by atoms with Gasteiger partial charge in [-0.15, -0.1) is 0 Å². The van der Waals surface area contributed by atoms with Crippen molar-refractivity contribution >= 4 is 51.6 Å². The molecule has 0 unspecified atom stereocenters. The number of ether oxygens (including phenoxy) is 2. The van der Waals surface area contributed by atoms with Crippen LogP contribution in [0.3, 0.4) is 0 Å². The van der Waals surface area contributed by atoms with E-state index in [1.165, 1.54) is 6.08 Å². The highest BCUT2D eigenvalue weighted by Crippen LogP contribution is 2.41. The zero-order valence-corrected chi connectivity index (χ0v) is 20.7. The number of nitrogens with zero attached hydrogens (tertiary/aromatic N) is 1. The second-order valence-corrected chi connectivity index (χ2v) is 9.27. The van der Waals surface area contributed by atoms with Crippen LogP contribution >= 0.6 is 23.2 Å². The predicted octanol–water partition coefficient (Wildman–Crippen LogP) is 7.56. The van der Waals surface area contributed by atoms with Crippen LogP contribution in [0.2, 0.25) is 10.0 Å². The Hall–Kier alpha value is -4.26. The van der Waals surface area contributed by atoms with E-state index in [-0.39, 0.29) is 12.4 Å². The number of carboxylic acid groups (broad SMARTS) is 1. The highest BCUT2D eigenvalue weighted by Gasteiger charge is 2.21. The number of halogens is 2. The summed E-state index contributed by atoms with van der Waals surface area (Å²) in [6.07, 6.45) is 1.53. The summed E-state index contributed by atoms with van der Waals surface area (Å²) in [7, 11) is 0. The number of hydrogen-bond donors (Lipinski definition) is 2. The third kappa shape index (κ3) is 4.31. The first-order valence-corrected chi connectivity index (χ1v) is 12.1. The van der Waals surface area contributed by atoms with E-state index in [4.69, 9.17) is 37.7 Å². The van der Waals surface area contributed by atoms with Crippen molar-refractivity contribution in [3.8, 4) is 34.0 Å². The van der Waals surface area contributed by atoms with Crippen molar-refractivity contribution in [1.82, 2.24) is 9.97 Å². The third-order valence-electron chi connectivity index (χ3n) is 6.16. The largest absolute Gasteiger partial charge is 0.478 e. The van der Waals surface area contributed by atoms with Gasteiger partial charge in [0.05, 0.1) is 22.0 Å². The highest BCUT2D eigenvalue weighted by atomic mass is 35.5. The molecular weight excluding hydrogens is 511 g/mol. The summed E-state index contributed by atoms with van der Waals surface area (Å²) in [6, 6.07) is 23.9. The van der Waals surface area contributed by atoms with Gasteiger partial charge in [-0.25, -0.2) is 9.78 Å². The molecule has 6 rings (SSSR count). The number of aliphatic carboxylic acids is 1. The van der Waals surface area contributed by atoms with Crippen LogP contribution in [0.25, 0.3) is 44.9 Å². The number of H-pyrrole nitrogens is 1. The fourth-order valence-electron chi connectivity index (χ4n) is 4.45. The Bertz CT molecular complexity index is 1720. The van der Waals surface area contributed by atoms with Crippen LogP contribution in [-0.4, -0.2) is 27.8 Å². The number of fused-ring (bicyclic) bond motifs is 2. The molecule has 6 nitrogen and oxygen atoms in total. The van der Waals surface area contributed by atoms with Crippen LogP contribution in [0.15, 0.2) is 78.9 Å². The summed E-state index contributed by atoms with van der Waals surface area (Å²) < 4.78 is 11.0. The Morgan fingerprint density at radius 2 is 1.76 bits per heavy atom. The summed E-state index contributed by atoms with van der Waals surface area (Å²) in [5.74, 6) is 0.525. The minimum Gasteiger partial charge on any atom is -0.478 e. The van der Waals surface area contributed by atoms with Gasteiger partial charge in [0.2, 0.25) is 6.79 Å². The number of rotatable bonds is 5. The number of carbonyl (C=O) groups is 1. The Labute approximate surface area is 221 Å². The molecule has 2 N–H and O–H groups in total. The molecular formula is C29H18Cl2N2O4. The van der Waals surface area contributed by atoms with Crippen LogP contribution in [-0.2, 0) is 4.79 Å². The smallest absolute Gasteiger partial charge is 0.336 e. The second-order valence-electron chi connectivity index (χ2n) is 8.43. The summed E-state index contributed by atoms with van der Waals surface area (Å²) in [5, 5.41) is 12.9. The van der Waals surface area contributed by atoms with Crippen molar-refractivity contribution < 1.29 is 19.4 Å². The number of carboxylic acids is 1. The van der Waals surface area contributed by atoms with Gasteiger partial charge in [0.1, 0.15) is 5.82 Å². The quantitative estimate of drug-likeness (QED) is 0.230. The first kappa shape index (κ1) is 23.2. The molecule has 2 heterocycles. The zero-order valence-electron chi connectivity index (χ0n) is 19.2. The van der Waals surface area contributed by atoms with Crippen molar-refractivity contribution in [3.63, 3.8) is 0 Å². The lowest BCUT2D eigenvalue weighted by Crippen LogP contribution is -2.01. The number of aromatic amines is 1. The van der Waals surface area contributed by atoms with Gasteiger partial charge in [0.15, 0.2) is 11.5 Å². The van der Waals surface area contributed by atoms with Gasteiger partial charge in [-0.3, -0.25) is 0 Å². The van der Waals surface area contributed by atoms with Gasteiger partial charge in [-0.05, 0) is 58.8 Å². The molecule has 1 aliphatic heterocycles. The monoisotopic (exact) mass is 528 g/mol. The molecule has 0 bridgehead atoms. The van der Waals surface area contributed by atoms with Gasteiger partial charge in [0.25, 0.3) is 0 Å². The van der Waals surface area contributed by atoms with Crippen LogP contribution < -0.4 is 9.47 Å². The molecule has 0 spiro atoms. The second kappa shape index (κ2) is 9.32. The minimum absolute atomic E-state index is 0.103. The first-order chi connectivity index (χ1) is 18.0. The lowest BCUT2D eigenvalue weighted by atomic mass is 9.98. The molecule has 0 radical (unpaired) electrons. The van der Waals surface area contributed by atoms with Crippen LogP contribution in [0, 0.1) is 0 Å². The number of hydrogen-bond acceptors (Lipinski definition) is 4. The molecule has 0 atom stereocenters. The third-order valence-corrected chi connectivity index (χ3v) is 6.72. The van der Waals surface area contributed by atoms with Gasteiger partial charge >= 0.3 is 5.97 Å². The zero-order chi connectivity index (χ0) is 25.5. The maximum absolute atomic E-state index is 12.4. The highest BCUT2D eigenvalue weighted by molar-refractivity contribution is 6.35. The molecule has 0 saturated carbocycles. The van der Waals surface area contributed by atoms with Gasteiger partial charge in [-0.2, -0.15) is 0 Å². The number of aromatic nitrogens is 2. The average molecular weight is 529 g/mol. The normalized spacial score (nSPS) is 12.8. The van der Waals surface area contributed by atoms with E-state index in [9.17, 15) is 9.90 Å². The molecule has 0 saturated heterocycles. The molecule has 8 heteroatoms. The van der Waals surface area contributed by atoms with Crippen molar-refractivity contribution in [2.24, 2.45) is 0 Å². The van der Waals surface area contributed by atoms with Crippen molar-refractivity contribution in [2.45, 2.75) is 0 Å². The van der Waals surface area contributed by atoms with Gasteiger partial charge in [0, 0.05) is 16.1 Å². The lowest BCUT2D eigenvalue weighted by molar-refractivity contribution is -0.130. The topological polar surface area (TPSA) is 84.4 Å². The maximum Gasteiger partial charge on any atom is 0.336 e. The van der Waals surface area contributed by atoms with E-state index in [2.05, 4.69) is 4.98 Å². The first-order valence-electron chi connectivity index (χ1n) is 11.4. The van der Waals surface area contributed by atoms with E-state index in [1.807, 2.05) is 54.6 Å². The van der Waals surface area contributed by atoms with Crippen molar-refractivity contribution in [1.29, 1.82) is 0 Å². The summed E-state index contributed by atoms with van der Waals surface area (Å²) in [5.41, 5.74) is 3.24. The molecule has 1 aliphatic rings. The minimum atomic E-state index is -1.07. The van der Waals surface area contributed by atoms with E-state index in [1.54, 1.807) is 24.3 Å². The van der Waals surface area contributed by atoms with E-state index in [0.717, 1.165) is 16.3 Å². The molecule has 4 aromatic carbocycles. The average Bonchev–Trinajstić information content (AvgIpc) is 3.55. The molecule has 0 aliphatic carbocycles. The van der Waals surface area contributed by atoms with Crippen molar-refractivity contribution in [2.75, 3.05) is 6.79 Å². The Morgan fingerprint density at radius 1 is 0.946 bits per heavy atom. The van der Waals surface area contributed by atoms with E-state index < -0.39 is 5.97 Å². The maximum atomic E-state index is 12.4. The Kier molecular flexibility index (Phi) is 5.83. The molecule has 5 aromatic rings. The standard InChI is InChI=1S/C29H18Cl2N2O4/c30-18-9-10-23(31)22(13-18)28-27(17-8-11-24-25(12-17)37-15-36-24)32-26(33-28)14-21(29(34)35)20-7-3-5-16-4-1-2-6-19(16)20/h1-14H,15H2,(H,32,33)(H,34,35)/b21-14+. The van der Waals surface area contributed by atoms with Gasteiger partial charge in [-0.1, -0.05) is 65.7 Å². The Balaban J connectivity index is 1.56. The van der Waals surface area contributed by atoms with Gasteiger partial charge < -0.3 is 19.6 Å². The molecule has 0 amide bonds. The lowest BCUT2D eigenvalue weighted by Gasteiger charge is -2.07. The molecule has 1 aromatic heterocycles. The number of nitrogens with one attached hydrogen (secondary N) is 1. The van der Waals surface area contributed by atoms with E-state index in [0.29, 0.717) is 49.9 Å². The molecule has 37 heavy (non-hydrogen) atoms. The molecule has 182 valence electrons. The van der Waals surface area contributed by atoms with Crippen LogP contribution in [0.4, 0.5) is 0 Å². The summed E-state index contributed by atoms with van der Waals surface area (Å²) >= 11 is 12.8. The number of imidazole rings is 1. The SMILES string of the molecule is O=C(O)/C(=C/c1nc(-c2ccc3c(c2)OCO3)c(-c2cc(Cl)ccc2Cl)[nH]1)c1cccc2ccccc12. The summed E-state index contributed by atoms with van der Waals surface area (Å²) in [4.78, 5) is 20.5. The summed E-state index contributed by atoms with van der Waals surface area (Å²) in [6.45, 7) is 0.146. The number of benzene rings is 4. The molecule has 0 fully saturated rings. The van der Waals surface area contributed by atoms with Crippen LogP contribution in [0.5, 0.6) is 11.5 Å². The predicted molar refractivity (Wildman–Crippen MR) is 145 cm³/mol. The van der Waals surface area contributed by atoms with Crippen molar-refractivity contribution in [3.05, 3.63) is 100 Å². The van der Waals surface area contributed by atoms with Crippen LogP contribution in [0.1, 0.15) is 11.4 Å². The fourth-order valence-corrected chi connectivity index (χ4v) is 4.83. The van der Waals surface area contributed by atoms with E-state index >= 15 is 0 Å². The fraction of sp³-hybridized carbons (Fsp3) is 0.0345.